The first-order chi connectivity index (χ1) is 15.3. The topological polar surface area (TPSA) is 55.0 Å². The van der Waals surface area contributed by atoms with E-state index in [2.05, 4.69) is 5.16 Å². The zero-order valence-electron chi connectivity index (χ0n) is 17.3. The number of furan rings is 1. The van der Waals surface area contributed by atoms with Crippen molar-refractivity contribution >= 4 is 11.6 Å². The zero-order valence-corrected chi connectivity index (χ0v) is 17.3. The number of carbonyl (C=O) groups excluding carboxylic acids is 1. The summed E-state index contributed by atoms with van der Waals surface area (Å²) in [4.78, 5) is 20.1. The van der Waals surface area contributed by atoms with Crippen molar-refractivity contribution in [2.45, 2.75) is 32.2 Å². The molecule has 0 fully saturated rings. The Bertz CT molecular complexity index is 1110. The Labute approximate surface area is 183 Å². The highest BCUT2D eigenvalue weighted by Crippen LogP contribution is 2.29. The number of carbonyl (C=O) groups is 1. The summed E-state index contributed by atoms with van der Waals surface area (Å²) in [7, 11) is 0. The van der Waals surface area contributed by atoms with Crippen LogP contribution in [0.25, 0.3) is 0 Å². The Morgan fingerprint density at radius 2 is 1.84 bits per heavy atom. The molecule has 1 aromatic heterocycles. The number of alkyl halides is 3. The van der Waals surface area contributed by atoms with Crippen LogP contribution in [0.3, 0.4) is 0 Å². The molecule has 4 rings (SSSR count). The maximum atomic E-state index is 13.0. The molecular weight excluding hydrogens is 421 g/mol. The van der Waals surface area contributed by atoms with Gasteiger partial charge in [0.05, 0.1) is 24.1 Å². The van der Waals surface area contributed by atoms with Crippen LogP contribution in [0.5, 0.6) is 0 Å². The molecule has 0 saturated carbocycles. The molecule has 0 radical (unpaired) electrons. The molecule has 0 N–H and O–H groups in total. The van der Waals surface area contributed by atoms with E-state index in [1.807, 2.05) is 31.2 Å². The van der Waals surface area contributed by atoms with Gasteiger partial charge in [-0.2, -0.15) is 13.2 Å². The van der Waals surface area contributed by atoms with Gasteiger partial charge >= 0.3 is 6.18 Å². The molecule has 166 valence electrons. The molecule has 2 heterocycles. The molecular formula is C24H21F3N2O3. The lowest BCUT2D eigenvalue weighted by Crippen LogP contribution is -2.37. The van der Waals surface area contributed by atoms with Crippen LogP contribution in [-0.2, 0) is 17.6 Å². The highest BCUT2D eigenvalue weighted by molar-refractivity contribution is 6.02. The van der Waals surface area contributed by atoms with Gasteiger partial charge in [-0.3, -0.25) is 4.79 Å². The Balaban J connectivity index is 1.49. The predicted octanol–water partition coefficient (Wildman–Crippen LogP) is 5.44. The van der Waals surface area contributed by atoms with E-state index < -0.39 is 11.7 Å². The predicted molar refractivity (Wildman–Crippen MR) is 112 cm³/mol. The summed E-state index contributed by atoms with van der Waals surface area (Å²) in [6.45, 7) is 2.30. The molecule has 8 heteroatoms. The Hall–Kier alpha value is -3.55. The number of halogens is 3. The van der Waals surface area contributed by atoms with Gasteiger partial charge in [0, 0.05) is 18.5 Å². The van der Waals surface area contributed by atoms with E-state index in [0.717, 1.165) is 29.0 Å². The van der Waals surface area contributed by atoms with Crippen LogP contribution in [0.2, 0.25) is 0 Å². The van der Waals surface area contributed by atoms with E-state index in [9.17, 15) is 18.0 Å². The molecule has 2 aromatic carbocycles. The van der Waals surface area contributed by atoms with Gasteiger partial charge in [0.15, 0.2) is 11.9 Å². The van der Waals surface area contributed by atoms with Crippen molar-refractivity contribution in [2.24, 2.45) is 5.16 Å². The molecule has 3 aromatic rings. The van der Waals surface area contributed by atoms with Gasteiger partial charge in [-0.15, -0.1) is 0 Å². The van der Waals surface area contributed by atoms with Crippen LogP contribution in [0, 0.1) is 6.92 Å². The summed E-state index contributed by atoms with van der Waals surface area (Å²) in [6, 6.07) is 15.7. The van der Waals surface area contributed by atoms with Crippen molar-refractivity contribution in [3.05, 3.63) is 94.9 Å². The lowest BCUT2D eigenvalue weighted by molar-refractivity contribution is -0.137. The van der Waals surface area contributed by atoms with Gasteiger partial charge in [0.2, 0.25) is 0 Å². The minimum absolute atomic E-state index is 0.108. The maximum absolute atomic E-state index is 13.0. The van der Waals surface area contributed by atoms with Crippen LogP contribution in [0.15, 0.2) is 76.5 Å². The smallest absolute Gasteiger partial charge is 0.416 e. The third-order valence-electron chi connectivity index (χ3n) is 5.29. The van der Waals surface area contributed by atoms with Crippen molar-refractivity contribution in [1.29, 1.82) is 0 Å². The van der Waals surface area contributed by atoms with Gasteiger partial charge in [0.25, 0.3) is 5.91 Å². The first-order valence-corrected chi connectivity index (χ1v) is 10.1. The van der Waals surface area contributed by atoms with E-state index in [-0.39, 0.29) is 30.9 Å². The molecule has 0 bridgehead atoms. The molecule has 0 aliphatic carbocycles. The lowest BCUT2D eigenvalue weighted by Gasteiger charge is -2.24. The number of hydrogen-bond donors (Lipinski definition) is 0. The maximum Gasteiger partial charge on any atom is 0.416 e. The number of rotatable bonds is 6. The van der Waals surface area contributed by atoms with Crippen LogP contribution >= 0.6 is 0 Å². The third kappa shape index (κ3) is 4.85. The first-order valence-electron chi connectivity index (χ1n) is 10.1. The summed E-state index contributed by atoms with van der Waals surface area (Å²) in [5.41, 5.74) is 2.69. The Kier molecular flexibility index (Phi) is 6.03. The molecule has 0 spiro atoms. The summed E-state index contributed by atoms with van der Waals surface area (Å²) >= 11 is 0. The van der Waals surface area contributed by atoms with Crippen LogP contribution in [0.1, 0.15) is 39.2 Å². The molecule has 1 aliphatic rings. The van der Waals surface area contributed by atoms with Crippen LogP contribution in [0.4, 0.5) is 13.2 Å². The molecule has 32 heavy (non-hydrogen) atoms. The number of oxime groups is 1. The summed E-state index contributed by atoms with van der Waals surface area (Å²) in [6.07, 6.45) is -2.88. The summed E-state index contributed by atoms with van der Waals surface area (Å²) < 4.78 is 43.8. The van der Waals surface area contributed by atoms with Crippen LogP contribution in [-0.4, -0.2) is 29.2 Å². The van der Waals surface area contributed by atoms with Gasteiger partial charge in [0.1, 0.15) is 0 Å². The fourth-order valence-electron chi connectivity index (χ4n) is 3.62. The van der Waals surface area contributed by atoms with Crippen LogP contribution < -0.4 is 0 Å². The normalized spacial score (nSPS) is 15.9. The molecule has 1 aliphatic heterocycles. The monoisotopic (exact) mass is 442 g/mol. The van der Waals surface area contributed by atoms with Gasteiger partial charge in [-0.05, 0) is 42.3 Å². The van der Waals surface area contributed by atoms with E-state index in [1.54, 1.807) is 12.1 Å². The van der Waals surface area contributed by atoms with Crippen molar-refractivity contribution in [1.82, 2.24) is 4.90 Å². The fourth-order valence-corrected chi connectivity index (χ4v) is 3.62. The fraction of sp³-hybridized carbons (Fsp3) is 0.250. The van der Waals surface area contributed by atoms with Crippen molar-refractivity contribution in [3.63, 3.8) is 0 Å². The standard InChI is InChI=1S/C24H21F3N2O3/c1-16-5-2-3-6-20(16)21-13-19(32-28-21)15-29(23(30)22-7-4-12-31-22)14-17-8-10-18(11-9-17)24(25,26)27/h2-12,19H,13-15H2,1H3. The molecule has 5 nitrogen and oxygen atoms in total. The second kappa shape index (κ2) is 8.90. The van der Waals surface area contributed by atoms with E-state index >= 15 is 0 Å². The SMILES string of the molecule is Cc1ccccc1C1=NOC(CN(Cc2ccc(C(F)(F)F)cc2)C(=O)c2ccco2)C1. The molecule has 1 amide bonds. The molecule has 1 unspecified atom stereocenters. The highest BCUT2D eigenvalue weighted by atomic mass is 19.4. The largest absolute Gasteiger partial charge is 0.459 e. The second-order valence-electron chi connectivity index (χ2n) is 7.64. The third-order valence-corrected chi connectivity index (χ3v) is 5.29. The highest BCUT2D eigenvalue weighted by Gasteiger charge is 2.31. The summed E-state index contributed by atoms with van der Waals surface area (Å²) in [5.74, 6) is -0.224. The average molecular weight is 442 g/mol. The Morgan fingerprint density at radius 3 is 2.50 bits per heavy atom. The molecule has 1 atom stereocenters. The minimum Gasteiger partial charge on any atom is -0.459 e. The van der Waals surface area contributed by atoms with Crippen molar-refractivity contribution in [3.8, 4) is 0 Å². The number of benzene rings is 2. The average Bonchev–Trinajstić information content (AvgIpc) is 3.45. The van der Waals surface area contributed by atoms with Gasteiger partial charge in [-0.1, -0.05) is 41.6 Å². The molecule has 0 saturated heterocycles. The van der Waals surface area contributed by atoms with Crippen molar-refractivity contribution in [2.75, 3.05) is 6.54 Å². The second-order valence-corrected chi connectivity index (χ2v) is 7.64. The van der Waals surface area contributed by atoms with Crippen molar-refractivity contribution < 1.29 is 27.2 Å². The van der Waals surface area contributed by atoms with E-state index in [0.29, 0.717) is 12.0 Å². The van der Waals surface area contributed by atoms with E-state index in [4.69, 9.17) is 9.25 Å². The quantitative estimate of drug-likeness (QED) is 0.511. The lowest BCUT2D eigenvalue weighted by atomic mass is 10.00. The number of nitrogens with zero attached hydrogens (tertiary/aromatic N) is 2. The summed E-state index contributed by atoms with van der Waals surface area (Å²) in [5, 5.41) is 4.20. The van der Waals surface area contributed by atoms with Gasteiger partial charge < -0.3 is 14.2 Å². The Morgan fingerprint density at radius 1 is 1.09 bits per heavy atom. The number of aryl methyl sites for hydroxylation is 1. The van der Waals surface area contributed by atoms with E-state index in [1.165, 1.54) is 23.3 Å². The first kappa shape index (κ1) is 21.7. The zero-order chi connectivity index (χ0) is 22.7. The number of hydrogen-bond acceptors (Lipinski definition) is 4. The van der Waals surface area contributed by atoms with Gasteiger partial charge in [-0.25, -0.2) is 0 Å². The number of amides is 1. The minimum atomic E-state index is -4.41.